The van der Waals surface area contributed by atoms with Crippen LogP contribution in [-0.2, 0) is 19.2 Å². The molecule has 5 saturated carbocycles. The van der Waals surface area contributed by atoms with Gasteiger partial charge in [-0.2, -0.15) is 0 Å². The molecule has 0 radical (unpaired) electrons. The molecule has 11 atom stereocenters. The van der Waals surface area contributed by atoms with Gasteiger partial charge in [0.1, 0.15) is 5.78 Å². The minimum atomic E-state index is -0.756. The van der Waals surface area contributed by atoms with Crippen LogP contribution in [0.4, 0.5) is 0 Å². The number of allylic oxidation sites excluding steroid dienone is 2. The molecule has 6 aliphatic rings. The molecule has 10 heteroatoms. The summed E-state index contributed by atoms with van der Waals surface area (Å²) in [6.07, 6.45) is 14.1. The lowest BCUT2D eigenvalue weighted by molar-refractivity contribution is -0.193. The molecule has 0 saturated heterocycles. The Morgan fingerprint density at radius 3 is 2.28 bits per heavy atom. The summed E-state index contributed by atoms with van der Waals surface area (Å²) >= 11 is 1.34. The standard InChI is InChI=1S/C43H68N2O5.C4H3NOS/c1-24(2)35-32(47)23-43(19-20-45-38(50)40(6,7)44-10)18-14-30-27(36(35)43)11-12-34-41(30,8)17-15-33-39(4,5)26(13-16-42(33,34)9)21-31(46)28-22-29(25(28)3)37(48)49;6-3-4-5-1-2-7-4/h24-30,33-34,44H,11-23H2,1-10H3,(H,45,50)(H,48,49);1-3H. The predicted octanol–water partition coefficient (Wildman–Crippen LogP) is 8.97. The van der Waals surface area contributed by atoms with E-state index in [0.29, 0.717) is 72.0 Å². The lowest BCUT2D eigenvalue weighted by Crippen LogP contribution is -2.62. The molecule has 0 bridgehead atoms. The van der Waals surface area contributed by atoms with Gasteiger partial charge in [0.25, 0.3) is 0 Å². The molecule has 7 rings (SSSR count). The molecule has 0 spiro atoms. The number of aromatic nitrogens is 1. The Morgan fingerprint density at radius 1 is 1.00 bits per heavy atom. The number of amides is 1. The van der Waals surface area contributed by atoms with E-state index in [2.05, 4.69) is 57.2 Å². The van der Waals surface area contributed by atoms with Crippen LogP contribution in [0.5, 0.6) is 0 Å². The number of hydrogen-bond acceptors (Lipinski definition) is 8. The summed E-state index contributed by atoms with van der Waals surface area (Å²) in [5, 5.41) is 18.1. The van der Waals surface area contributed by atoms with Gasteiger partial charge in [0.05, 0.1) is 11.5 Å². The lowest BCUT2D eigenvalue weighted by Gasteiger charge is -2.69. The third kappa shape index (κ3) is 7.54. The van der Waals surface area contributed by atoms with Crippen LogP contribution in [0.25, 0.3) is 0 Å². The fourth-order valence-corrected chi connectivity index (χ4v) is 14.6. The van der Waals surface area contributed by atoms with Gasteiger partial charge >= 0.3 is 5.97 Å². The molecule has 1 amide bonds. The average Bonchev–Trinajstić information content (AvgIpc) is 3.78. The summed E-state index contributed by atoms with van der Waals surface area (Å²) in [6, 6.07) is 0. The predicted molar refractivity (Wildman–Crippen MR) is 225 cm³/mol. The minimum Gasteiger partial charge on any atom is -0.481 e. The fourth-order valence-electron chi connectivity index (χ4n) is 14.2. The molecule has 0 aliphatic heterocycles. The Morgan fingerprint density at radius 2 is 1.70 bits per heavy atom. The average molecular weight is 806 g/mol. The van der Waals surface area contributed by atoms with Gasteiger partial charge in [-0.3, -0.25) is 24.0 Å². The SMILES string of the molecule is CNC(C)(C)C(=O)NCCC12CCC3C(CCC4C3(C)CCC3C(C)(C)C(CC(=O)C5CC(C(=O)O)C5C)CCC34C)C1=C(C(C)C)C(=O)C2.O=Cc1nccs1. The van der Waals surface area contributed by atoms with Crippen molar-refractivity contribution in [2.75, 3.05) is 13.6 Å². The molecule has 1 aromatic rings. The highest BCUT2D eigenvalue weighted by molar-refractivity contribution is 7.11. The van der Waals surface area contributed by atoms with Gasteiger partial charge in [0.2, 0.25) is 5.91 Å². The minimum absolute atomic E-state index is 0.00785. The number of ketones is 2. The first-order chi connectivity index (χ1) is 26.7. The van der Waals surface area contributed by atoms with E-state index < -0.39 is 11.5 Å². The van der Waals surface area contributed by atoms with Crippen molar-refractivity contribution in [2.45, 2.75) is 145 Å². The van der Waals surface area contributed by atoms with Crippen LogP contribution in [0.2, 0.25) is 0 Å². The van der Waals surface area contributed by atoms with Crippen LogP contribution < -0.4 is 10.6 Å². The van der Waals surface area contributed by atoms with Crippen molar-refractivity contribution >= 4 is 41.1 Å². The lowest BCUT2D eigenvalue weighted by atomic mass is 9.35. The highest BCUT2D eigenvalue weighted by atomic mass is 32.1. The molecule has 11 unspecified atom stereocenters. The van der Waals surface area contributed by atoms with Gasteiger partial charge in [-0.15, -0.1) is 11.3 Å². The Balaban J connectivity index is 0.000000708. The number of fused-ring (bicyclic) bond motifs is 7. The van der Waals surface area contributed by atoms with Crippen LogP contribution in [0.3, 0.4) is 0 Å². The Labute approximate surface area is 345 Å². The number of thiazole rings is 1. The maximum absolute atomic E-state index is 13.9. The number of hydrogen-bond donors (Lipinski definition) is 3. The second-order valence-corrected chi connectivity index (χ2v) is 22.0. The van der Waals surface area contributed by atoms with Gasteiger partial charge in [0.15, 0.2) is 17.1 Å². The molecule has 1 heterocycles. The topological polar surface area (TPSA) is 143 Å². The molecule has 5 fully saturated rings. The quantitative estimate of drug-likeness (QED) is 0.188. The second kappa shape index (κ2) is 16.0. The van der Waals surface area contributed by atoms with Crippen LogP contribution in [0.1, 0.15) is 149 Å². The fraction of sp³-hybridized carbons (Fsp3) is 0.787. The van der Waals surface area contributed by atoms with Crippen molar-refractivity contribution in [1.82, 2.24) is 15.6 Å². The van der Waals surface area contributed by atoms with Gasteiger partial charge in [-0.25, -0.2) is 4.98 Å². The molecule has 1 aromatic heterocycles. The van der Waals surface area contributed by atoms with Gasteiger partial charge < -0.3 is 15.7 Å². The summed E-state index contributed by atoms with van der Waals surface area (Å²) in [5.74, 6) is 2.17. The maximum atomic E-state index is 13.9. The molecule has 6 aliphatic carbocycles. The number of Topliss-reactive ketones (excluding diaryl/α,β-unsaturated/α-hetero) is 2. The summed E-state index contributed by atoms with van der Waals surface area (Å²) < 4.78 is 0. The van der Waals surface area contributed by atoms with Gasteiger partial charge in [0, 0.05) is 42.3 Å². The molecule has 9 nitrogen and oxygen atoms in total. The monoisotopic (exact) mass is 806 g/mol. The molecule has 316 valence electrons. The first-order valence-corrected chi connectivity index (χ1v) is 22.9. The largest absolute Gasteiger partial charge is 0.481 e. The summed E-state index contributed by atoms with van der Waals surface area (Å²) in [7, 11) is 1.82. The van der Waals surface area contributed by atoms with Crippen molar-refractivity contribution in [2.24, 2.45) is 74.9 Å². The third-order valence-electron chi connectivity index (χ3n) is 17.6. The number of nitrogens with zero attached hydrogens (tertiary/aromatic N) is 1. The molecule has 3 N–H and O–H groups in total. The molecule has 57 heavy (non-hydrogen) atoms. The van der Waals surface area contributed by atoms with E-state index >= 15 is 0 Å². The first-order valence-electron chi connectivity index (χ1n) is 22.0. The van der Waals surface area contributed by atoms with E-state index in [4.69, 9.17) is 0 Å². The van der Waals surface area contributed by atoms with Crippen LogP contribution in [0, 0.1) is 74.9 Å². The summed E-state index contributed by atoms with van der Waals surface area (Å²) in [5.41, 5.74) is 2.34. The third-order valence-corrected chi connectivity index (χ3v) is 18.3. The zero-order valence-electron chi connectivity index (χ0n) is 36.5. The molecule has 0 aromatic carbocycles. The smallest absolute Gasteiger partial charge is 0.306 e. The number of carbonyl (C=O) groups excluding carboxylic acids is 4. The van der Waals surface area contributed by atoms with E-state index in [9.17, 15) is 29.1 Å². The van der Waals surface area contributed by atoms with Gasteiger partial charge in [-0.05, 0) is 148 Å². The summed E-state index contributed by atoms with van der Waals surface area (Å²) in [6.45, 7) is 20.9. The maximum Gasteiger partial charge on any atom is 0.306 e. The zero-order chi connectivity index (χ0) is 41.9. The van der Waals surface area contributed by atoms with Crippen LogP contribution in [0.15, 0.2) is 22.7 Å². The van der Waals surface area contributed by atoms with Crippen molar-refractivity contribution < 1.29 is 29.1 Å². The number of carboxylic acids is 1. The Bertz CT molecular complexity index is 1750. The Hall–Kier alpha value is -2.72. The van der Waals surface area contributed by atoms with E-state index in [1.807, 2.05) is 27.8 Å². The normalized spacial score (nSPS) is 38.1. The number of aldehydes is 1. The highest BCUT2D eigenvalue weighted by Crippen LogP contribution is 2.74. The number of carboxylic acid groups (broad SMARTS) is 1. The van der Waals surface area contributed by atoms with Crippen LogP contribution >= 0.6 is 11.3 Å². The second-order valence-electron chi connectivity index (χ2n) is 21.1. The number of aliphatic carboxylic acids is 1. The van der Waals surface area contributed by atoms with Crippen molar-refractivity contribution in [3.8, 4) is 0 Å². The van der Waals surface area contributed by atoms with Crippen LogP contribution in [-0.4, -0.2) is 59.0 Å². The Kier molecular flexibility index (Phi) is 12.3. The number of rotatable bonds is 11. The highest BCUT2D eigenvalue weighted by Gasteiger charge is 2.66. The van der Waals surface area contributed by atoms with Crippen molar-refractivity contribution in [1.29, 1.82) is 0 Å². The van der Waals surface area contributed by atoms with E-state index in [0.717, 1.165) is 44.0 Å². The first kappa shape index (κ1) is 43.8. The summed E-state index contributed by atoms with van der Waals surface area (Å²) in [4.78, 5) is 65.5. The number of carbonyl (C=O) groups is 5. The number of nitrogens with one attached hydrogen (secondary N) is 2. The van der Waals surface area contributed by atoms with E-state index in [1.54, 1.807) is 11.6 Å². The zero-order valence-corrected chi connectivity index (χ0v) is 37.3. The molecular weight excluding hydrogens is 735 g/mol. The van der Waals surface area contributed by atoms with Gasteiger partial charge in [-0.1, -0.05) is 54.0 Å². The van der Waals surface area contributed by atoms with E-state index in [-0.39, 0.29) is 51.2 Å². The van der Waals surface area contributed by atoms with Crippen molar-refractivity contribution in [3.05, 3.63) is 27.7 Å². The molecular formula is C47H71N3O6S. The number of likely N-dealkylation sites (N-methyl/N-ethyl adjacent to an activating group) is 1. The van der Waals surface area contributed by atoms with E-state index in [1.165, 1.54) is 42.6 Å². The van der Waals surface area contributed by atoms with Crippen molar-refractivity contribution in [3.63, 3.8) is 0 Å².